The Balaban J connectivity index is 1.74. The van der Waals surface area contributed by atoms with Gasteiger partial charge in [-0.25, -0.2) is 0 Å². The molecular weight excluding hydrogens is 252 g/mol. The minimum absolute atomic E-state index is 0.292. The number of amides is 1. The van der Waals surface area contributed by atoms with E-state index in [9.17, 15) is 4.79 Å². The average Bonchev–Trinajstić information content (AvgIpc) is 2.48. The summed E-state index contributed by atoms with van der Waals surface area (Å²) in [4.78, 5) is 19.1. The summed E-state index contributed by atoms with van der Waals surface area (Å²) in [5.41, 5.74) is 0. The lowest BCUT2D eigenvalue weighted by atomic mass is 10.0. The number of piperidine rings is 1. The van der Waals surface area contributed by atoms with Crippen molar-refractivity contribution in [3.8, 4) is 0 Å². The van der Waals surface area contributed by atoms with Crippen LogP contribution in [0.2, 0.25) is 0 Å². The lowest BCUT2D eigenvalue weighted by molar-refractivity contribution is -0.133. The Morgan fingerprint density at radius 3 is 2.35 bits per heavy atom. The topological polar surface area (TPSA) is 38.8 Å². The highest BCUT2D eigenvalue weighted by atomic mass is 16.2. The Bertz CT molecular complexity index is 307. The summed E-state index contributed by atoms with van der Waals surface area (Å²) in [6.07, 6.45) is 2.37. The second-order valence-electron chi connectivity index (χ2n) is 6.41. The van der Waals surface area contributed by atoms with Gasteiger partial charge in [0, 0.05) is 38.3 Å². The second kappa shape index (κ2) is 7.38. The van der Waals surface area contributed by atoms with Crippen molar-refractivity contribution < 1.29 is 4.79 Å². The van der Waals surface area contributed by atoms with E-state index >= 15 is 0 Å². The first-order chi connectivity index (χ1) is 9.58. The molecule has 116 valence electrons. The molecule has 0 aliphatic carbocycles. The molecular formula is C15H30N4O. The quantitative estimate of drug-likeness (QED) is 0.801. The Morgan fingerprint density at radius 1 is 1.20 bits per heavy atom. The van der Waals surface area contributed by atoms with E-state index in [0.29, 0.717) is 24.5 Å². The molecule has 2 aliphatic rings. The number of nitrogens with zero attached hydrogens (tertiary/aromatic N) is 3. The van der Waals surface area contributed by atoms with Crippen LogP contribution in [0.1, 0.15) is 26.7 Å². The maximum atomic E-state index is 12.3. The molecule has 20 heavy (non-hydrogen) atoms. The Morgan fingerprint density at radius 2 is 1.80 bits per heavy atom. The van der Waals surface area contributed by atoms with E-state index in [0.717, 1.165) is 39.3 Å². The van der Waals surface area contributed by atoms with E-state index < -0.39 is 0 Å². The zero-order valence-electron chi connectivity index (χ0n) is 13.3. The van der Waals surface area contributed by atoms with Gasteiger partial charge >= 0.3 is 0 Å². The van der Waals surface area contributed by atoms with Gasteiger partial charge in [0.2, 0.25) is 5.91 Å². The molecule has 0 aromatic carbocycles. The van der Waals surface area contributed by atoms with Crippen molar-refractivity contribution in [2.75, 3.05) is 52.9 Å². The van der Waals surface area contributed by atoms with Gasteiger partial charge < -0.3 is 15.1 Å². The summed E-state index contributed by atoms with van der Waals surface area (Å²) in [7, 11) is 2.11. The van der Waals surface area contributed by atoms with E-state index in [1.165, 1.54) is 12.8 Å². The lowest BCUT2D eigenvalue weighted by Gasteiger charge is -2.39. The molecule has 2 aliphatic heterocycles. The molecule has 0 aromatic rings. The number of hydrogen-bond donors (Lipinski definition) is 1. The zero-order chi connectivity index (χ0) is 14.5. The van der Waals surface area contributed by atoms with Crippen LogP contribution in [0.15, 0.2) is 0 Å². The van der Waals surface area contributed by atoms with Crippen molar-refractivity contribution in [2.45, 2.75) is 38.8 Å². The maximum Gasteiger partial charge on any atom is 0.236 e. The van der Waals surface area contributed by atoms with Gasteiger partial charge in [-0.15, -0.1) is 0 Å². The van der Waals surface area contributed by atoms with Crippen LogP contribution < -0.4 is 5.32 Å². The van der Waals surface area contributed by atoms with E-state index in [1.807, 2.05) is 4.90 Å². The van der Waals surface area contributed by atoms with E-state index in [1.54, 1.807) is 0 Å². The fraction of sp³-hybridized carbons (Fsp3) is 0.933. The molecule has 0 atom stereocenters. The van der Waals surface area contributed by atoms with Crippen LogP contribution in [0.25, 0.3) is 0 Å². The number of piperazine rings is 1. The van der Waals surface area contributed by atoms with Crippen LogP contribution >= 0.6 is 0 Å². The van der Waals surface area contributed by atoms with Gasteiger partial charge in [-0.3, -0.25) is 9.69 Å². The average molecular weight is 282 g/mol. The van der Waals surface area contributed by atoms with Crippen LogP contribution in [-0.4, -0.2) is 85.6 Å². The molecule has 2 saturated heterocycles. The van der Waals surface area contributed by atoms with Gasteiger partial charge in [0.15, 0.2) is 0 Å². The zero-order valence-corrected chi connectivity index (χ0v) is 13.3. The Kier molecular flexibility index (Phi) is 5.81. The molecule has 1 N–H and O–H groups in total. The van der Waals surface area contributed by atoms with Crippen LogP contribution in [0, 0.1) is 0 Å². The first-order valence-corrected chi connectivity index (χ1v) is 8.00. The molecule has 0 saturated carbocycles. The first kappa shape index (κ1) is 15.7. The number of rotatable bonds is 4. The normalized spacial score (nSPS) is 22.8. The third-order valence-corrected chi connectivity index (χ3v) is 4.71. The second-order valence-corrected chi connectivity index (χ2v) is 6.41. The molecule has 1 amide bonds. The lowest BCUT2D eigenvalue weighted by Crippen LogP contribution is -2.52. The van der Waals surface area contributed by atoms with Crippen LogP contribution in [0.4, 0.5) is 0 Å². The molecule has 0 bridgehead atoms. The molecule has 0 radical (unpaired) electrons. The van der Waals surface area contributed by atoms with Gasteiger partial charge in [-0.05, 0) is 46.8 Å². The smallest absolute Gasteiger partial charge is 0.236 e. The standard InChI is InChI=1S/C15H30N4O/c1-13(2)18-8-4-14(5-9-18)17(3)12-15(20)19-10-6-16-7-11-19/h13-14,16H,4-12H2,1-3H3. The SMILES string of the molecule is CC(C)N1CCC(N(C)CC(=O)N2CCNCC2)CC1. The van der Waals surface area contributed by atoms with Gasteiger partial charge in [-0.2, -0.15) is 0 Å². The summed E-state index contributed by atoms with van der Waals surface area (Å²) >= 11 is 0. The number of nitrogens with one attached hydrogen (secondary N) is 1. The molecule has 2 rings (SSSR count). The fourth-order valence-corrected chi connectivity index (χ4v) is 3.20. The van der Waals surface area contributed by atoms with E-state index in [2.05, 4.69) is 36.0 Å². The summed E-state index contributed by atoms with van der Waals surface area (Å²) in [5, 5.41) is 3.29. The first-order valence-electron chi connectivity index (χ1n) is 8.00. The summed E-state index contributed by atoms with van der Waals surface area (Å²) in [6, 6.07) is 1.21. The number of likely N-dealkylation sites (N-methyl/N-ethyl adjacent to an activating group) is 1. The predicted molar refractivity (Wildman–Crippen MR) is 81.8 cm³/mol. The van der Waals surface area contributed by atoms with Crippen molar-refractivity contribution in [3.63, 3.8) is 0 Å². The Hall–Kier alpha value is -0.650. The third kappa shape index (κ3) is 4.17. The molecule has 2 heterocycles. The van der Waals surface area contributed by atoms with Gasteiger partial charge in [0.05, 0.1) is 6.54 Å². The molecule has 2 fully saturated rings. The van der Waals surface area contributed by atoms with Crippen LogP contribution in [0.3, 0.4) is 0 Å². The largest absolute Gasteiger partial charge is 0.339 e. The maximum absolute atomic E-state index is 12.3. The highest BCUT2D eigenvalue weighted by molar-refractivity contribution is 5.78. The predicted octanol–water partition coefficient (Wildman–Crippen LogP) is 0.223. The number of carbonyl (C=O) groups excluding carboxylic acids is 1. The number of likely N-dealkylation sites (tertiary alicyclic amines) is 1. The van der Waals surface area contributed by atoms with Crippen LogP contribution in [-0.2, 0) is 4.79 Å². The minimum Gasteiger partial charge on any atom is -0.339 e. The monoisotopic (exact) mass is 282 g/mol. The minimum atomic E-state index is 0.292. The van der Waals surface area contributed by atoms with Gasteiger partial charge in [-0.1, -0.05) is 0 Å². The van der Waals surface area contributed by atoms with E-state index in [-0.39, 0.29) is 0 Å². The highest BCUT2D eigenvalue weighted by Gasteiger charge is 2.26. The van der Waals surface area contributed by atoms with Gasteiger partial charge in [0.25, 0.3) is 0 Å². The summed E-state index contributed by atoms with van der Waals surface area (Å²) in [6.45, 7) is 11.0. The van der Waals surface area contributed by atoms with Crippen molar-refractivity contribution in [1.29, 1.82) is 0 Å². The Labute approximate surface area is 123 Å². The van der Waals surface area contributed by atoms with Crippen molar-refractivity contribution in [2.24, 2.45) is 0 Å². The summed E-state index contributed by atoms with van der Waals surface area (Å²) < 4.78 is 0. The van der Waals surface area contributed by atoms with Crippen molar-refractivity contribution in [3.05, 3.63) is 0 Å². The van der Waals surface area contributed by atoms with Crippen LogP contribution in [0.5, 0.6) is 0 Å². The third-order valence-electron chi connectivity index (χ3n) is 4.71. The highest BCUT2D eigenvalue weighted by Crippen LogP contribution is 2.17. The molecule has 0 unspecified atom stereocenters. The molecule has 0 spiro atoms. The molecule has 0 aromatic heterocycles. The van der Waals surface area contributed by atoms with Crippen molar-refractivity contribution in [1.82, 2.24) is 20.0 Å². The molecule has 5 heteroatoms. The summed E-state index contributed by atoms with van der Waals surface area (Å²) in [5.74, 6) is 0.292. The van der Waals surface area contributed by atoms with E-state index in [4.69, 9.17) is 0 Å². The number of carbonyl (C=O) groups is 1. The fourth-order valence-electron chi connectivity index (χ4n) is 3.20. The molecule has 5 nitrogen and oxygen atoms in total. The number of hydrogen-bond acceptors (Lipinski definition) is 4. The van der Waals surface area contributed by atoms with Crippen molar-refractivity contribution >= 4 is 5.91 Å². The van der Waals surface area contributed by atoms with Gasteiger partial charge in [0.1, 0.15) is 0 Å².